The Kier molecular flexibility index (Phi) is 9.77. The van der Waals surface area contributed by atoms with Gasteiger partial charge in [0.1, 0.15) is 17.2 Å². The van der Waals surface area contributed by atoms with Gasteiger partial charge in [-0.25, -0.2) is 0 Å². The van der Waals surface area contributed by atoms with E-state index in [0.717, 1.165) is 33.4 Å². The Morgan fingerprint density at radius 3 is 2.47 bits per heavy atom. The van der Waals surface area contributed by atoms with Crippen LogP contribution in [0.5, 0.6) is 5.75 Å². The van der Waals surface area contributed by atoms with Gasteiger partial charge >= 0.3 is 17.9 Å². The first-order valence-corrected chi connectivity index (χ1v) is 21.8. The van der Waals surface area contributed by atoms with E-state index in [1.165, 1.54) is 14.0 Å². The molecular weight excluding hydrogens is 765 g/mol. The maximum Gasteiger partial charge on any atom is 0.322 e. The van der Waals surface area contributed by atoms with Crippen molar-refractivity contribution in [2.24, 2.45) is 11.3 Å². The van der Waals surface area contributed by atoms with Crippen LogP contribution in [0, 0.1) is 11.3 Å². The number of aliphatic hydroxyl groups is 2. The monoisotopic (exact) mass is 824 g/mol. The number of anilines is 1. The number of methoxy groups -OCH3 is 2. The van der Waals surface area contributed by atoms with Crippen molar-refractivity contribution in [3.63, 3.8) is 0 Å². The average Bonchev–Trinajstić information content (AvgIpc) is 3.90. The molecule has 1 spiro atoms. The fourth-order valence-corrected chi connectivity index (χ4v) is 13.4. The predicted molar refractivity (Wildman–Crippen MR) is 225 cm³/mol. The van der Waals surface area contributed by atoms with Crippen LogP contribution in [0.25, 0.3) is 10.9 Å². The number of nitrogens with one attached hydrogen (secondary N) is 1. The number of carbonyl (C=O) groups is 3. The molecule has 2 aromatic carbocycles. The third kappa shape index (κ3) is 5.47. The Bertz CT molecular complexity index is 2270. The van der Waals surface area contributed by atoms with Crippen molar-refractivity contribution < 1.29 is 43.5 Å². The van der Waals surface area contributed by atoms with Gasteiger partial charge in [0.2, 0.25) is 0 Å². The van der Waals surface area contributed by atoms with Crippen molar-refractivity contribution in [1.82, 2.24) is 14.8 Å². The molecule has 1 aliphatic carbocycles. The summed E-state index contributed by atoms with van der Waals surface area (Å²) in [7, 11) is 4.93. The second-order valence-corrected chi connectivity index (χ2v) is 18.5. The molecule has 3 fully saturated rings. The van der Waals surface area contributed by atoms with Crippen LogP contribution in [0.4, 0.5) is 5.69 Å². The smallest absolute Gasteiger partial charge is 0.322 e. The molecule has 3 N–H and O–H groups in total. The molecule has 322 valence electrons. The van der Waals surface area contributed by atoms with E-state index >= 15 is 4.79 Å². The molecule has 1 aromatic heterocycles. The number of esters is 3. The lowest BCUT2D eigenvalue weighted by atomic mass is 9.50. The van der Waals surface area contributed by atoms with Crippen molar-refractivity contribution in [1.29, 1.82) is 0 Å². The number of ether oxygens (including phenoxy) is 4. The number of likely N-dealkylation sites (N-methyl/N-ethyl adjacent to an activating group) is 1. The van der Waals surface area contributed by atoms with Crippen LogP contribution >= 0.6 is 0 Å². The lowest BCUT2D eigenvalue weighted by Crippen LogP contribution is -2.80. The zero-order valence-corrected chi connectivity index (χ0v) is 36.0. The highest BCUT2D eigenvalue weighted by Gasteiger charge is 2.79. The Hall–Kier alpha value is -4.43. The number of hydrogen-bond donors (Lipinski definition) is 3. The Labute approximate surface area is 352 Å². The summed E-state index contributed by atoms with van der Waals surface area (Å²) in [6.45, 7) is 10.4. The highest BCUT2D eigenvalue weighted by molar-refractivity contribution is 5.94. The van der Waals surface area contributed by atoms with E-state index in [4.69, 9.17) is 18.9 Å². The lowest BCUT2D eigenvalue weighted by Gasteiger charge is -2.63. The van der Waals surface area contributed by atoms with Crippen molar-refractivity contribution in [2.45, 2.75) is 113 Å². The van der Waals surface area contributed by atoms with Crippen molar-refractivity contribution in [3.05, 3.63) is 70.9 Å². The largest absolute Gasteiger partial charge is 0.496 e. The third-order valence-electron chi connectivity index (χ3n) is 15.6. The zero-order chi connectivity index (χ0) is 42.6. The van der Waals surface area contributed by atoms with Gasteiger partial charge in [-0.2, -0.15) is 0 Å². The molecule has 60 heavy (non-hydrogen) atoms. The predicted octanol–water partition coefficient (Wildman–Crippen LogP) is 4.73. The summed E-state index contributed by atoms with van der Waals surface area (Å²) < 4.78 is 24.8. The number of rotatable bonds is 8. The van der Waals surface area contributed by atoms with Gasteiger partial charge < -0.3 is 39.0 Å². The van der Waals surface area contributed by atoms with E-state index in [1.807, 2.05) is 50.1 Å². The minimum atomic E-state index is -2.28. The number of hydrogen-bond acceptors (Lipinski definition) is 12. The molecule has 5 unspecified atom stereocenters. The first-order chi connectivity index (χ1) is 28.7. The van der Waals surface area contributed by atoms with Crippen molar-refractivity contribution in [2.75, 3.05) is 58.9 Å². The molecular formula is C47H60N4O9. The fourth-order valence-electron chi connectivity index (χ4n) is 13.4. The minimum absolute atomic E-state index is 0.0801. The van der Waals surface area contributed by atoms with Gasteiger partial charge in [0.05, 0.1) is 19.8 Å². The molecule has 13 heteroatoms. The number of aromatic amines is 1. The zero-order valence-electron chi connectivity index (χ0n) is 36.0. The van der Waals surface area contributed by atoms with Crippen LogP contribution < -0.4 is 9.64 Å². The van der Waals surface area contributed by atoms with E-state index in [-0.39, 0.29) is 18.4 Å². The number of H-pyrrole nitrogens is 1. The maximum atomic E-state index is 15.3. The first-order valence-electron chi connectivity index (χ1n) is 21.8. The summed E-state index contributed by atoms with van der Waals surface area (Å²) >= 11 is 0. The SMILES string of the molecule is CCC(=O)O[C@@H]1[C@]2(CC)C=CCN3CCC4(c5cc([C@@]6(C(=O)OC)CC7CN(CCc8c6[nH]c6ccccc86)C[C@](O)(CC)C7)c(OC)cc5N(C)C4[C@@]1(O)OC(C)=O)C32. The first kappa shape index (κ1) is 40.9. The van der Waals surface area contributed by atoms with Gasteiger partial charge in [0.15, 0.2) is 6.10 Å². The van der Waals surface area contributed by atoms with Crippen LogP contribution in [-0.2, 0) is 45.8 Å². The number of para-hydroxylation sites is 1. The summed E-state index contributed by atoms with van der Waals surface area (Å²) in [5.41, 5.74) is 0.808. The highest BCUT2D eigenvalue weighted by Crippen LogP contribution is 2.68. The lowest BCUT2D eigenvalue weighted by molar-refractivity contribution is -0.309. The number of benzene rings is 2. The standard InChI is InChI=1S/C47H60N4O9/c1-8-37(53)59-41-44(10-3)17-13-19-51-21-18-45(39(44)51)32-22-33(36(57-6)23-35(32)49(5)40(45)47(41,56)60-28(4)52)46(42(54)58-7)25-29-24-43(55,9-2)27-50(26-29)20-16-31-30-14-11-12-15-34(30)48-38(31)46/h11-15,17,22-23,29,39-41,48,55-56H,8-10,16,18-21,24-27H2,1-7H3/t29?,39?,40?,41-,43+,44-,45?,46+,47-/m1/s1. The molecule has 13 nitrogen and oxygen atoms in total. The van der Waals surface area contributed by atoms with E-state index in [1.54, 1.807) is 14.0 Å². The second kappa shape index (κ2) is 14.3. The number of aromatic nitrogens is 1. The van der Waals surface area contributed by atoms with Crippen LogP contribution in [-0.4, -0.2) is 126 Å². The molecule has 9 rings (SSSR count). The van der Waals surface area contributed by atoms with Gasteiger partial charge in [0.25, 0.3) is 5.79 Å². The summed E-state index contributed by atoms with van der Waals surface area (Å²) in [5.74, 6) is -3.53. The van der Waals surface area contributed by atoms with Crippen LogP contribution in [0.1, 0.15) is 88.6 Å². The number of fused-ring (bicyclic) bond motifs is 6. The van der Waals surface area contributed by atoms with Crippen LogP contribution in [0.15, 0.2) is 48.6 Å². The molecule has 1 saturated carbocycles. The van der Waals surface area contributed by atoms with Gasteiger partial charge in [-0.15, -0.1) is 0 Å². The maximum absolute atomic E-state index is 15.3. The summed E-state index contributed by atoms with van der Waals surface area (Å²) in [6, 6.07) is 11.1. The van der Waals surface area contributed by atoms with Crippen LogP contribution in [0.2, 0.25) is 0 Å². The molecule has 3 aromatic rings. The third-order valence-corrected chi connectivity index (χ3v) is 15.6. The van der Waals surface area contributed by atoms with Crippen molar-refractivity contribution >= 4 is 34.5 Å². The van der Waals surface area contributed by atoms with Gasteiger partial charge in [0, 0.05) is 97.4 Å². The Balaban J connectivity index is 1.35. The molecule has 0 radical (unpaired) electrons. The Morgan fingerprint density at radius 2 is 1.77 bits per heavy atom. The van der Waals surface area contributed by atoms with Gasteiger partial charge in [-0.3, -0.25) is 24.2 Å². The van der Waals surface area contributed by atoms with E-state index < -0.39 is 57.7 Å². The molecule has 5 aliphatic heterocycles. The number of nitrogens with zero attached hydrogens (tertiary/aromatic N) is 3. The molecule has 10 atom stereocenters. The van der Waals surface area contributed by atoms with Crippen molar-refractivity contribution in [3.8, 4) is 5.75 Å². The summed E-state index contributed by atoms with van der Waals surface area (Å²) in [5, 5.41) is 26.4. The summed E-state index contributed by atoms with van der Waals surface area (Å²) in [6.07, 6.45) is 6.17. The second-order valence-electron chi connectivity index (χ2n) is 18.5. The Morgan fingerprint density at radius 1 is 0.983 bits per heavy atom. The normalized spacial score (nSPS) is 36.5. The molecule has 2 saturated heterocycles. The van der Waals surface area contributed by atoms with Crippen LogP contribution in [0.3, 0.4) is 0 Å². The highest BCUT2D eigenvalue weighted by atomic mass is 16.7. The minimum Gasteiger partial charge on any atom is -0.496 e. The molecule has 6 heterocycles. The molecule has 6 aliphatic rings. The summed E-state index contributed by atoms with van der Waals surface area (Å²) in [4.78, 5) is 52.4. The van der Waals surface area contributed by atoms with E-state index in [2.05, 4.69) is 39.1 Å². The number of piperidine rings is 1. The van der Waals surface area contributed by atoms with E-state index in [0.29, 0.717) is 82.6 Å². The average molecular weight is 825 g/mol. The fraction of sp³-hybridized carbons (Fsp3) is 0.596. The van der Waals surface area contributed by atoms with E-state index in [9.17, 15) is 19.8 Å². The molecule has 0 amide bonds. The quantitative estimate of drug-likeness (QED) is 0.125. The molecule has 2 bridgehead atoms. The van der Waals surface area contributed by atoms with Gasteiger partial charge in [-0.1, -0.05) is 51.1 Å². The topological polar surface area (TPSA) is 154 Å². The number of carbonyl (C=O) groups excluding carboxylic acids is 3. The van der Waals surface area contributed by atoms with Gasteiger partial charge in [-0.05, 0) is 74.2 Å².